The van der Waals surface area contributed by atoms with Crippen LogP contribution in [0.3, 0.4) is 0 Å². The zero-order valence-electron chi connectivity index (χ0n) is 13.9. The molecule has 0 radical (unpaired) electrons. The van der Waals surface area contributed by atoms with Crippen LogP contribution in [0, 0.1) is 10.1 Å². The number of sulfone groups is 1. The van der Waals surface area contributed by atoms with Crippen molar-refractivity contribution in [2.75, 3.05) is 11.6 Å². The molecule has 2 aromatic carbocycles. The van der Waals surface area contributed by atoms with Gasteiger partial charge >= 0.3 is 0 Å². The summed E-state index contributed by atoms with van der Waals surface area (Å²) in [4.78, 5) is 26.6. The number of aromatic nitrogens is 1. The normalized spacial score (nSPS) is 11.7. The average molecular weight is 403 g/mol. The smallest absolute Gasteiger partial charge is 0.269 e. The van der Waals surface area contributed by atoms with E-state index in [-0.39, 0.29) is 10.6 Å². The molecule has 1 amide bonds. The molecule has 27 heavy (non-hydrogen) atoms. The quantitative estimate of drug-likeness (QED) is 0.397. The van der Waals surface area contributed by atoms with Crippen molar-refractivity contribution < 1.29 is 18.1 Å². The molecule has 0 spiro atoms. The molecule has 138 valence electrons. The van der Waals surface area contributed by atoms with Gasteiger partial charge in [-0.25, -0.2) is 13.4 Å². The van der Waals surface area contributed by atoms with Crippen molar-refractivity contribution >= 4 is 54.2 Å². The number of fused-ring (bicyclic) bond motifs is 1. The van der Waals surface area contributed by atoms with Gasteiger partial charge in [-0.15, -0.1) is 0 Å². The van der Waals surface area contributed by atoms with Crippen LogP contribution in [-0.2, 0) is 14.6 Å². The number of nitro benzene ring substituents is 1. The van der Waals surface area contributed by atoms with Crippen LogP contribution < -0.4 is 5.32 Å². The van der Waals surface area contributed by atoms with Crippen molar-refractivity contribution in [3.63, 3.8) is 0 Å². The molecule has 10 heteroatoms. The third-order valence-electron chi connectivity index (χ3n) is 3.55. The molecule has 0 bridgehead atoms. The fourth-order valence-corrected chi connectivity index (χ4v) is 3.84. The monoisotopic (exact) mass is 403 g/mol. The van der Waals surface area contributed by atoms with Crippen LogP contribution in [0.1, 0.15) is 5.56 Å². The number of nitro groups is 1. The van der Waals surface area contributed by atoms with Gasteiger partial charge in [0.25, 0.3) is 5.69 Å². The van der Waals surface area contributed by atoms with E-state index in [1.165, 1.54) is 59.9 Å². The molecule has 8 nitrogen and oxygen atoms in total. The first-order valence-corrected chi connectivity index (χ1v) is 10.3. The van der Waals surface area contributed by atoms with Crippen LogP contribution in [0.5, 0.6) is 0 Å². The Morgan fingerprint density at radius 3 is 2.56 bits per heavy atom. The molecule has 0 saturated carbocycles. The van der Waals surface area contributed by atoms with Crippen molar-refractivity contribution in [1.82, 2.24) is 4.98 Å². The third kappa shape index (κ3) is 4.54. The summed E-state index contributed by atoms with van der Waals surface area (Å²) in [5.41, 5.74) is 1.19. The van der Waals surface area contributed by atoms with Crippen molar-refractivity contribution in [2.24, 2.45) is 0 Å². The number of nitrogens with one attached hydrogen (secondary N) is 1. The van der Waals surface area contributed by atoms with Gasteiger partial charge in [-0.2, -0.15) is 0 Å². The Kier molecular flexibility index (Phi) is 5.02. The highest BCUT2D eigenvalue weighted by Gasteiger charge is 2.11. The first-order valence-electron chi connectivity index (χ1n) is 7.56. The second kappa shape index (κ2) is 7.25. The maximum atomic E-state index is 12.0. The van der Waals surface area contributed by atoms with Gasteiger partial charge in [0.15, 0.2) is 15.0 Å². The molecule has 0 unspecified atom stereocenters. The van der Waals surface area contributed by atoms with Crippen molar-refractivity contribution in [3.05, 3.63) is 64.2 Å². The number of thiazole rings is 1. The van der Waals surface area contributed by atoms with Crippen LogP contribution in [0.4, 0.5) is 10.8 Å². The molecule has 3 aromatic rings. The average Bonchev–Trinajstić information content (AvgIpc) is 3.00. The van der Waals surface area contributed by atoms with E-state index < -0.39 is 20.7 Å². The minimum atomic E-state index is -3.32. The molecular formula is C17H13N3O5S2. The van der Waals surface area contributed by atoms with Crippen molar-refractivity contribution in [1.29, 1.82) is 0 Å². The summed E-state index contributed by atoms with van der Waals surface area (Å²) in [5, 5.41) is 13.6. The number of carbonyl (C=O) groups is 1. The SMILES string of the molecule is CS(=O)(=O)c1ccc2nc(NC(=O)C=Cc3ccc([N+](=O)[O-])cc3)sc2c1. The van der Waals surface area contributed by atoms with Crippen LogP contribution in [-0.4, -0.2) is 30.5 Å². The Labute approximate surface area is 158 Å². The standard InChI is InChI=1S/C17H13N3O5S2/c1-27(24,25)13-7-8-14-15(10-13)26-17(18-14)19-16(21)9-4-11-2-5-12(6-3-11)20(22)23/h2-10H,1H3,(H,18,19,21). The summed E-state index contributed by atoms with van der Waals surface area (Å²) in [7, 11) is -3.32. The first-order chi connectivity index (χ1) is 12.7. The molecule has 3 rings (SSSR count). The molecule has 0 saturated heterocycles. The van der Waals surface area contributed by atoms with Crippen molar-refractivity contribution in [2.45, 2.75) is 4.90 Å². The lowest BCUT2D eigenvalue weighted by atomic mass is 10.2. The van der Waals surface area contributed by atoms with E-state index in [0.29, 0.717) is 20.9 Å². The molecule has 1 N–H and O–H groups in total. The molecule has 0 fully saturated rings. The highest BCUT2D eigenvalue weighted by Crippen LogP contribution is 2.28. The summed E-state index contributed by atoms with van der Waals surface area (Å²) in [5.74, 6) is -0.421. The zero-order valence-corrected chi connectivity index (χ0v) is 15.6. The van der Waals surface area contributed by atoms with Gasteiger partial charge in [-0.05, 0) is 42.0 Å². The van der Waals surface area contributed by atoms with Gasteiger partial charge in [-0.1, -0.05) is 11.3 Å². The fourth-order valence-electron chi connectivity index (χ4n) is 2.22. The van der Waals surface area contributed by atoms with Gasteiger partial charge in [0, 0.05) is 24.5 Å². The van der Waals surface area contributed by atoms with Gasteiger partial charge in [-0.3, -0.25) is 20.2 Å². The maximum Gasteiger partial charge on any atom is 0.269 e. The second-order valence-corrected chi connectivity index (χ2v) is 8.64. The van der Waals surface area contributed by atoms with E-state index >= 15 is 0 Å². The lowest BCUT2D eigenvalue weighted by Crippen LogP contribution is -2.07. The number of hydrogen-bond donors (Lipinski definition) is 1. The minimum Gasteiger partial charge on any atom is -0.298 e. The van der Waals surface area contributed by atoms with E-state index in [4.69, 9.17) is 0 Å². The molecule has 0 aliphatic rings. The molecular weight excluding hydrogens is 390 g/mol. The second-order valence-electron chi connectivity index (χ2n) is 5.59. The van der Waals surface area contributed by atoms with Gasteiger partial charge < -0.3 is 0 Å². The largest absolute Gasteiger partial charge is 0.298 e. The van der Waals surface area contributed by atoms with Gasteiger partial charge in [0.05, 0.1) is 20.0 Å². The van der Waals surface area contributed by atoms with Crippen LogP contribution >= 0.6 is 11.3 Å². The Hall–Kier alpha value is -3.11. The number of benzene rings is 2. The Balaban J connectivity index is 1.72. The van der Waals surface area contributed by atoms with Crippen LogP contribution in [0.2, 0.25) is 0 Å². The van der Waals surface area contributed by atoms with E-state index in [1.807, 2.05) is 0 Å². The minimum absolute atomic E-state index is 0.0282. The molecule has 0 atom stereocenters. The highest BCUT2D eigenvalue weighted by molar-refractivity contribution is 7.90. The Bertz CT molecular complexity index is 1170. The predicted octanol–water partition coefficient (Wildman–Crippen LogP) is 3.26. The molecule has 1 heterocycles. The lowest BCUT2D eigenvalue weighted by molar-refractivity contribution is -0.384. The molecule has 0 aliphatic carbocycles. The van der Waals surface area contributed by atoms with E-state index in [0.717, 1.165) is 6.26 Å². The number of carbonyl (C=O) groups excluding carboxylic acids is 1. The van der Waals surface area contributed by atoms with Gasteiger partial charge in [0.1, 0.15) is 0 Å². The third-order valence-corrected chi connectivity index (χ3v) is 5.59. The van der Waals surface area contributed by atoms with E-state index in [1.54, 1.807) is 6.07 Å². The van der Waals surface area contributed by atoms with E-state index in [9.17, 15) is 23.3 Å². The summed E-state index contributed by atoms with van der Waals surface area (Å²) in [6, 6.07) is 10.3. The Morgan fingerprint density at radius 1 is 1.22 bits per heavy atom. The lowest BCUT2D eigenvalue weighted by Gasteiger charge is -1.96. The molecule has 0 aliphatic heterocycles. The summed E-state index contributed by atoms with van der Waals surface area (Å²) in [6.07, 6.45) is 3.93. The first kappa shape index (κ1) is 18.7. The van der Waals surface area contributed by atoms with Gasteiger partial charge in [0.2, 0.25) is 5.91 Å². The summed E-state index contributed by atoms with van der Waals surface area (Å²) < 4.78 is 23.9. The summed E-state index contributed by atoms with van der Waals surface area (Å²) in [6.45, 7) is 0. The predicted molar refractivity (Wildman–Crippen MR) is 103 cm³/mol. The molecule has 1 aromatic heterocycles. The number of anilines is 1. The number of amides is 1. The number of nitrogens with zero attached hydrogens (tertiary/aromatic N) is 2. The van der Waals surface area contributed by atoms with E-state index in [2.05, 4.69) is 10.3 Å². The number of non-ortho nitro benzene ring substituents is 1. The summed E-state index contributed by atoms with van der Waals surface area (Å²) >= 11 is 1.17. The number of hydrogen-bond acceptors (Lipinski definition) is 7. The zero-order chi connectivity index (χ0) is 19.6. The van der Waals surface area contributed by atoms with Crippen LogP contribution in [0.25, 0.3) is 16.3 Å². The number of rotatable bonds is 5. The van der Waals surface area contributed by atoms with Crippen molar-refractivity contribution in [3.8, 4) is 0 Å². The van der Waals surface area contributed by atoms with Crippen LogP contribution in [0.15, 0.2) is 53.4 Å². The maximum absolute atomic E-state index is 12.0. The highest BCUT2D eigenvalue weighted by atomic mass is 32.2. The fraction of sp³-hybridized carbons (Fsp3) is 0.0588. The topological polar surface area (TPSA) is 119 Å². The Morgan fingerprint density at radius 2 is 1.93 bits per heavy atom.